The molecule has 0 aromatic carbocycles. The van der Waals surface area contributed by atoms with Crippen LogP contribution in [0, 0.1) is 0 Å². The Morgan fingerprint density at radius 2 is 2.36 bits per heavy atom. The van der Waals surface area contributed by atoms with Crippen molar-refractivity contribution in [3.8, 4) is 0 Å². The van der Waals surface area contributed by atoms with E-state index in [4.69, 9.17) is 22.1 Å². The molecule has 0 bridgehead atoms. The van der Waals surface area contributed by atoms with Crippen LogP contribution in [0.15, 0.2) is 24.3 Å². The predicted molar refractivity (Wildman–Crippen MR) is 46.5 cm³/mol. The second-order valence-corrected chi connectivity index (χ2v) is 2.90. The van der Waals surface area contributed by atoms with Crippen LogP contribution >= 0.6 is 11.6 Å². The quantitative estimate of drug-likeness (QED) is 0.506. The van der Waals surface area contributed by atoms with Crippen molar-refractivity contribution in [1.82, 2.24) is 0 Å². The standard InChI is InChI=1S/C8H12ClNO/c1-2-11-8(10)6-4-3-5-7(8)9/h3-7H,2,10H2,1H3. The van der Waals surface area contributed by atoms with Gasteiger partial charge in [-0.1, -0.05) is 18.2 Å². The average molecular weight is 174 g/mol. The third-order valence-corrected chi connectivity index (χ3v) is 2.06. The molecule has 0 aromatic heterocycles. The number of rotatable bonds is 2. The Hall–Kier alpha value is -0.310. The van der Waals surface area contributed by atoms with Crippen LogP contribution in [0.2, 0.25) is 0 Å². The summed E-state index contributed by atoms with van der Waals surface area (Å²) in [5.41, 5.74) is 5.01. The summed E-state index contributed by atoms with van der Waals surface area (Å²) in [5.74, 6) is 0. The van der Waals surface area contributed by atoms with Gasteiger partial charge in [-0.25, -0.2) is 0 Å². The molecule has 0 radical (unpaired) electrons. The number of ether oxygens (including phenoxy) is 1. The van der Waals surface area contributed by atoms with Crippen molar-refractivity contribution in [2.24, 2.45) is 5.73 Å². The fourth-order valence-electron chi connectivity index (χ4n) is 0.988. The number of nitrogens with two attached hydrogens (primary N) is 1. The van der Waals surface area contributed by atoms with Crippen LogP contribution in [0.5, 0.6) is 0 Å². The predicted octanol–water partition coefficient (Wildman–Crippen LogP) is 1.41. The molecule has 2 nitrogen and oxygen atoms in total. The van der Waals surface area contributed by atoms with E-state index < -0.39 is 5.72 Å². The van der Waals surface area contributed by atoms with E-state index in [0.29, 0.717) is 6.61 Å². The number of allylic oxidation sites excluding steroid dienone is 2. The summed E-state index contributed by atoms with van der Waals surface area (Å²) >= 11 is 5.91. The molecule has 62 valence electrons. The topological polar surface area (TPSA) is 35.2 Å². The normalized spacial score (nSPS) is 36.1. The van der Waals surface area contributed by atoms with Gasteiger partial charge >= 0.3 is 0 Å². The van der Waals surface area contributed by atoms with Crippen molar-refractivity contribution in [3.05, 3.63) is 24.3 Å². The molecule has 0 fully saturated rings. The van der Waals surface area contributed by atoms with Gasteiger partial charge in [0, 0.05) is 6.61 Å². The zero-order chi connectivity index (χ0) is 8.32. The van der Waals surface area contributed by atoms with E-state index in [1.54, 1.807) is 6.08 Å². The highest BCUT2D eigenvalue weighted by atomic mass is 35.5. The summed E-state index contributed by atoms with van der Waals surface area (Å²) in [6, 6.07) is 0. The molecule has 0 saturated carbocycles. The molecule has 1 aliphatic carbocycles. The van der Waals surface area contributed by atoms with Crippen molar-refractivity contribution >= 4 is 11.6 Å². The zero-order valence-corrected chi connectivity index (χ0v) is 7.21. The minimum atomic E-state index is -0.814. The van der Waals surface area contributed by atoms with Crippen LogP contribution in [-0.2, 0) is 4.74 Å². The van der Waals surface area contributed by atoms with E-state index in [2.05, 4.69) is 0 Å². The summed E-state index contributed by atoms with van der Waals surface area (Å²) in [7, 11) is 0. The lowest BCUT2D eigenvalue weighted by atomic mass is 10.1. The van der Waals surface area contributed by atoms with Gasteiger partial charge in [-0.2, -0.15) is 0 Å². The summed E-state index contributed by atoms with van der Waals surface area (Å²) in [4.78, 5) is 0. The monoisotopic (exact) mass is 173 g/mol. The first-order valence-corrected chi connectivity index (χ1v) is 4.05. The first-order valence-electron chi connectivity index (χ1n) is 3.62. The molecule has 1 aliphatic rings. The van der Waals surface area contributed by atoms with E-state index in [0.717, 1.165) is 0 Å². The Kier molecular flexibility index (Phi) is 2.71. The van der Waals surface area contributed by atoms with Gasteiger partial charge in [0.2, 0.25) is 0 Å². The van der Waals surface area contributed by atoms with Crippen molar-refractivity contribution in [3.63, 3.8) is 0 Å². The van der Waals surface area contributed by atoms with Crippen molar-refractivity contribution in [2.75, 3.05) is 6.61 Å². The SMILES string of the molecule is CCOC1(N)C=CC=CC1Cl. The van der Waals surface area contributed by atoms with Crippen LogP contribution < -0.4 is 5.73 Å². The maximum atomic E-state index is 5.91. The van der Waals surface area contributed by atoms with Crippen molar-refractivity contribution in [2.45, 2.75) is 18.0 Å². The lowest BCUT2D eigenvalue weighted by Crippen LogP contribution is -2.49. The second kappa shape index (κ2) is 3.39. The Balaban J connectivity index is 2.68. The molecule has 2 unspecified atom stereocenters. The molecule has 0 heterocycles. The third-order valence-electron chi connectivity index (χ3n) is 1.57. The van der Waals surface area contributed by atoms with Crippen molar-refractivity contribution < 1.29 is 4.74 Å². The van der Waals surface area contributed by atoms with Crippen LogP contribution in [0.4, 0.5) is 0 Å². The van der Waals surface area contributed by atoms with E-state index in [1.165, 1.54) is 0 Å². The van der Waals surface area contributed by atoms with Gasteiger partial charge in [0.25, 0.3) is 0 Å². The molecule has 0 amide bonds. The fraction of sp³-hybridized carbons (Fsp3) is 0.500. The molecule has 1 rings (SSSR count). The van der Waals surface area contributed by atoms with Crippen LogP contribution in [0.25, 0.3) is 0 Å². The second-order valence-electron chi connectivity index (χ2n) is 2.43. The van der Waals surface area contributed by atoms with Crippen molar-refractivity contribution in [1.29, 1.82) is 0 Å². The molecule has 0 aliphatic heterocycles. The Morgan fingerprint density at radius 1 is 1.64 bits per heavy atom. The number of hydrogen-bond donors (Lipinski definition) is 1. The molecule has 3 heteroatoms. The summed E-state index contributed by atoms with van der Waals surface area (Å²) in [5, 5.41) is -0.271. The molecule has 2 N–H and O–H groups in total. The zero-order valence-electron chi connectivity index (χ0n) is 6.46. The summed E-state index contributed by atoms with van der Waals surface area (Å²) in [6.45, 7) is 2.46. The molecule has 0 saturated heterocycles. The molecule has 11 heavy (non-hydrogen) atoms. The first-order chi connectivity index (χ1) is 5.19. The Bertz CT molecular complexity index is 191. The minimum absolute atomic E-state index is 0.271. The number of halogens is 1. The van der Waals surface area contributed by atoms with Crippen LogP contribution in [0.1, 0.15) is 6.92 Å². The highest BCUT2D eigenvalue weighted by molar-refractivity contribution is 6.22. The van der Waals surface area contributed by atoms with Gasteiger partial charge in [-0.3, -0.25) is 5.73 Å². The Morgan fingerprint density at radius 3 is 2.91 bits per heavy atom. The van der Waals surface area contributed by atoms with Gasteiger partial charge in [-0.15, -0.1) is 11.6 Å². The van der Waals surface area contributed by atoms with Gasteiger partial charge in [0.05, 0.1) is 5.38 Å². The van der Waals surface area contributed by atoms with Gasteiger partial charge in [0.1, 0.15) is 0 Å². The van der Waals surface area contributed by atoms with Crippen LogP contribution in [-0.4, -0.2) is 17.7 Å². The van der Waals surface area contributed by atoms with E-state index in [9.17, 15) is 0 Å². The lowest BCUT2D eigenvalue weighted by molar-refractivity contribution is 0.00820. The molecule has 0 aromatic rings. The number of alkyl halides is 1. The van der Waals surface area contributed by atoms with Crippen LogP contribution in [0.3, 0.4) is 0 Å². The van der Waals surface area contributed by atoms with Gasteiger partial charge in [0.15, 0.2) is 5.72 Å². The maximum absolute atomic E-state index is 5.91. The molecular weight excluding hydrogens is 162 g/mol. The van der Waals surface area contributed by atoms with E-state index in [1.807, 2.05) is 25.2 Å². The third kappa shape index (κ3) is 1.83. The maximum Gasteiger partial charge on any atom is 0.156 e. The highest BCUT2D eigenvalue weighted by Gasteiger charge is 2.30. The molecule has 2 atom stereocenters. The lowest BCUT2D eigenvalue weighted by Gasteiger charge is -2.30. The smallest absolute Gasteiger partial charge is 0.156 e. The summed E-state index contributed by atoms with van der Waals surface area (Å²) in [6.07, 6.45) is 7.29. The minimum Gasteiger partial charge on any atom is -0.356 e. The average Bonchev–Trinajstić information content (AvgIpc) is 1.96. The highest BCUT2D eigenvalue weighted by Crippen LogP contribution is 2.21. The Labute approximate surface area is 71.7 Å². The van der Waals surface area contributed by atoms with Gasteiger partial charge in [-0.05, 0) is 13.0 Å². The first kappa shape index (κ1) is 8.78. The summed E-state index contributed by atoms with van der Waals surface area (Å²) < 4.78 is 5.29. The van der Waals surface area contributed by atoms with Gasteiger partial charge < -0.3 is 4.74 Å². The fourth-order valence-corrected chi connectivity index (χ4v) is 1.21. The molecular formula is C8H12ClNO. The molecule has 0 spiro atoms. The largest absolute Gasteiger partial charge is 0.356 e. The van der Waals surface area contributed by atoms with E-state index in [-0.39, 0.29) is 5.38 Å². The van der Waals surface area contributed by atoms with E-state index >= 15 is 0 Å². The number of hydrogen-bond acceptors (Lipinski definition) is 2.